The normalized spacial score (nSPS) is 18.1. The van der Waals surface area contributed by atoms with Gasteiger partial charge >= 0.3 is 0 Å². The fraction of sp³-hybridized carbons (Fsp3) is 0.529. The van der Waals surface area contributed by atoms with Gasteiger partial charge in [-0.3, -0.25) is 9.79 Å². The van der Waals surface area contributed by atoms with Crippen LogP contribution in [0, 0.1) is 0 Å². The molecule has 3 rings (SSSR count). The van der Waals surface area contributed by atoms with E-state index in [0.717, 1.165) is 45.2 Å². The smallest absolute Gasteiger partial charge is 0.224 e. The van der Waals surface area contributed by atoms with E-state index in [9.17, 15) is 4.79 Å². The first-order chi connectivity index (χ1) is 11.2. The molecule has 1 aromatic carbocycles. The monoisotopic (exact) mass is 315 g/mol. The summed E-state index contributed by atoms with van der Waals surface area (Å²) in [5, 5.41) is 3.25. The number of hydrogen-bond acceptors (Lipinski definition) is 5. The number of nitrogens with one attached hydrogen (secondary N) is 1. The van der Waals surface area contributed by atoms with Crippen molar-refractivity contribution in [3.8, 4) is 0 Å². The molecule has 23 heavy (non-hydrogen) atoms. The molecular weight excluding hydrogens is 290 g/mol. The molecule has 0 bridgehead atoms. The number of guanidine groups is 1. The molecule has 2 aliphatic heterocycles. The number of anilines is 1. The van der Waals surface area contributed by atoms with Crippen LogP contribution in [0.5, 0.6) is 0 Å². The number of aliphatic imine (C=N–C) groups is 1. The summed E-state index contributed by atoms with van der Waals surface area (Å²) in [5.74, 6) is 1.14. The van der Waals surface area contributed by atoms with Gasteiger partial charge in [-0.2, -0.15) is 0 Å². The lowest BCUT2D eigenvalue weighted by atomic mass is 10.2. The average Bonchev–Trinajstić information content (AvgIpc) is 3.01. The highest BCUT2D eigenvalue weighted by molar-refractivity contribution is 5.82. The number of carbonyl (C=O) groups excluding carboxylic acids is 1. The minimum atomic E-state index is 0.228. The van der Waals surface area contributed by atoms with Crippen LogP contribution in [0.4, 0.5) is 5.69 Å². The van der Waals surface area contributed by atoms with Crippen LogP contribution in [0.2, 0.25) is 0 Å². The van der Waals surface area contributed by atoms with Crippen LogP contribution in [-0.4, -0.2) is 74.5 Å². The lowest BCUT2D eigenvalue weighted by Crippen LogP contribution is -2.49. The largest absolute Gasteiger partial charge is 0.368 e. The zero-order valence-electron chi connectivity index (χ0n) is 13.7. The molecule has 2 aliphatic rings. The Morgan fingerprint density at radius 1 is 1.13 bits per heavy atom. The van der Waals surface area contributed by atoms with Crippen molar-refractivity contribution < 1.29 is 4.79 Å². The van der Waals surface area contributed by atoms with E-state index in [1.165, 1.54) is 5.69 Å². The fourth-order valence-corrected chi connectivity index (χ4v) is 3.02. The summed E-state index contributed by atoms with van der Waals surface area (Å²) in [7, 11) is 2.02. The van der Waals surface area contributed by atoms with Crippen molar-refractivity contribution in [1.82, 2.24) is 15.1 Å². The van der Waals surface area contributed by atoms with Crippen LogP contribution >= 0.6 is 0 Å². The van der Waals surface area contributed by atoms with Crippen molar-refractivity contribution in [2.24, 2.45) is 4.99 Å². The molecule has 0 saturated carbocycles. The van der Waals surface area contributed by atoms with Crippen LogP contribution < -0.4 is 10.2 Å². The summed E-state index contributed by atoms with van der Waals surface area (Å²) in [6.45, 7) is 5.85. The lowest BCUT2D eigenvalue weighted by Gasteiger charge is -2.36. The second kappa shape index (κ2) is 7.35. The van der Waals surface area contributed by atoms with Crippen molar-refractivity contribution in [3.63, 3.8) is 0 Å². The topological polar surface area (TPSA) is 51.2 Å². The number of amides is 1. The summed E-state index contributed by atoms with van der Waals surface area (Å²) in [6.07, 6.45) is 0.526. The van der Waals surface area contributed by atoms with Crippen LogP contribution in [0.3, 0.4) is 0 Å². The molecule has 6 nitrogen and oxygen atoms in total. The first-order valence-corrected chi connectivity index (χ1v) is 8.31. The Hall–Kier alpha value is -2.24. The highest BCUT2D eigenvalue weighted by Gasteiger charge is 2.21. The predicted molar refractivity (Wildman–Crippen MR) is 92.8 cm³/mol. The molecular formula is C17H25N5O. The number of nitrogens with zero attached hydrogens (tertiary/aromatic N) is 4. The zero-order chi connectivity index (χ0) is 16.1. The molecule has 1 fully saturated rings. The van der Waals surface area contributed by atoms with Crippen LogP contribution in [0.1, 0.15) is 6.42 Å². The van der Waals surface area contributed by atoms with Crippen LogP contribution in [0.25, 0.3) is 0 Å². The molecule has 2 heterocycles. The molecule has 0 atom stereocenters. The molecule has 1 saturated heterocycles. The van der Waals surface area contributed by atoms with Crippen molar-refractivity contribution in [1.29, 1.82) is 0 Å². The van der Waals surface area contributed by atoms with E-state index in [1.54, 1.807) is 0 Å². The number of benzene rings is 1. The highest BCUT2D eigenvalue weighted by atomic mass is 16.2. The Labute approximate surface area is 137 Å². The molecule has 1 amide bonds. The van der Waals surface area contributed by atoms with E-state index in [4.69, 9.17) is 0 Å². The second-order valence-electron chi connectivity index (χ2n) is 6.01. The number of carbonyl (C=O) groups is 1. The van der Waals surface area contributed by atoms with Gasteiger partial charge in [-0.05, 0) is 12.1 Å². The third kappa shape index (κ3) is 3.94. The molecule has 124 valence electrons. The second-order valence-corrected chi connectivity index (χ2v) is 6.01. The number of likely N-dealkylation sites (N-methyl/N-ethyl adjacent to an activating group) is 1. The van der Waals surface area contributed by atoms with Gasteiger partial charge in [-0.15, -0.1) is 0 Å². The lowest BCUT2D eigenvalue weighted by molar-refractivity contribution is -0.131. The minimum absolute atomic E-state index is 0.228. The van der Waals surface area contributed by atoms with Crippen LogP contribution in [-0.2, 0) is 4.79 Å². The van der Waals surface area contributed by atoms with Gasteiger partial charge in [0, 0.05) is 58.4 Å². The first-order valence-electron chi connectivity index (χ1n) is 8.31. The van der Waals surface area contributed by atoms with E-state index in [0.29, 0.717) is 13.0 Å². The Morgan fingerprint density at radius 2 is 1.87 bits per heavy atom. The average molecular weight is 315 g/mol. The van der Waals surface area contributed by atoms with Crippen molar-refractivity contribution in [2.75, 3.05) is 57.8 Å². The quantitative estimate of drug-likeness (QED) is 0.885. The van der Waals surface area contributed by atoms with Crippen molar-refractivity contribution in [3.05, 3.63) is 30.3 Å². The van der Waals surface area contributed by atoms with Gasteiger partial charge in [0.15, 0.2) is 5.96 Å². The first kappa shape index (κ1) is 15.6. The maximum absolute atomic E-state index is 12.3. The molecule has 6 heteroatoms. The molecule has 0 aromatic heterocycles. The number of piperazine rings is 1. The molecule has 0 spiro atoms. The van der Waals surface area contributed by atoms with Crippen molar-refractivity contribution >= 4 is 17.6 Å². The van der Waals surface area contributed by atoms with Gasteiger partial charge in [0.2, 0.25) is 5.91 Å². The number of rotatable bonds is 4. The zero-order valence-corrected chi connectivity index (χ0v) is 13.7. The Balaban J connectivity index is 1.40. The van der Waals surface area contributed by atoms with Gasteiger partial charge in [0.25, 0.3) is 0 Å². The molecule has 1 aromatic rings. The molecule has 0 unspecified atom stereocenters. The van der Waals surface area contributed by atoms with Gasteiger partial charge in [-0.25, -0.2) is 0 Å². The van der Waals surface area contributed by atoms with Gasteiger partial charge in [0.05, 0.1) is 6.54 Å². The molecule has 0 aliphatic carbocycles. The standard InChI is InChI=1S/C17H25N5O/c1-20-10-9-19-17(20)18-8-7-16(23)22-13-11-21(12-14-22)15-5-3-2-4-6-15/h2-6H,7-14H2,1H3,(H,18,19). The summed E-state index contributed by atoms with van der Waals surface area (Å²) < 4.78 is 0. The van der Waals surface area contributed by atoms with E-state index in [-0.39, 0.29) is 5.91 Å². The fourth-order valence-electron chi connectivity index (χ4n) is 3.02. The number of hydrogen-bond donors (Lipinski definition) is 1. The van der Waals surface area contributed by atoms with Gasteiger partial charge in [0.1, 0.15) is 0 Å². The van der Waals surface area contributed by atoms with Crippen molar-refractivity contribution in [2.45, 2.75) is 6.42 Å². The third-order valence-corrected chi connectivity index (χ3v) is 4.43. The van der Waals surface area contributed by atoms with E-state index < -0.39 is 0 Å². The molecule has 1 N–H and O–H groups in total. The predicted octanol–water partition coefficient (Wildman–Crippen LogP) is 0.616. The summed E-state index contributed by atoms with van der Waals surface area (Å²) >= 11 is 0. The minimum Gasteiger partial charge on any atom is -0.368 e. The van der Waals surface area contributed by atoms with Gasteiger partial charge < -0.3 is 20.0 Å². The third-order valence-electron chi connectivity index (χ3n) is 4.43. The SMILES string of the molecule is CN1CCN=C1NCCC(=O)N1CCN(c2ccccc2)CC1. The Morgan fingerprint density at radius 3 is 2.52 bits per heavy atom. The maximum atomic E-state index is 12.3. The summed E-state index contributed by atoms with van der Waals surface area (Å²) in [6, 6.07) is 10.4. The Bertz CT molecular complexity index is 551. The maximum Gasteiger partial charge on any atom is 0.224 e. The van der Waals surface area contributed by atoms with E-state index >= 15 is 0 Å². The Kier molecular flexibility index (Phi) is 5.00. The van der Waals surface area contributed by atoms with E-state index in [2.05, 4.69) is 44.4 Å². The highest BCUT2D eigenvalue weighted by Crippen LogP contribution is 2.15. The van der Waals surface area contributed by atoms with Crippen LogP contribution in [0.15, 0.2) is 35.3 Å². The number of para-hydroxylation sites is 1. The van der Waals surface area contributed by atoms with E-state index in [1.807, 2.05) is 18.0 Å². The summed E-state index contributed by atoms with van der Waals surface area (Å²) in [5.41, 5.74) is 1.24. The summed E-state index contributed by atoms with van der Waals surface area (Å²) in [4.78, 5) is 23.1. The van der Waals surface area contributed by atoms with Gasteiger partial charge in [-0.1, -0.05) is 18.2 Å². The molecule has 0 radical (unpaired) electrons.